The van der Waals surface area contributed by atoms with Crippen molar-refractivity contribution in [2.75, 3.05) is 6.61 Å². The van der Waals surface area contributed by atoms with Crippen LogP contribution in [0.1, 0.15) is 12.8 Å². The van der Waals surface area contributed by atoms with Crippen molar-refractivity contribution in [2.45, 2.75) is 38.5 Å². The lowest BCUT2D eigenvalue weighted by Gasteiger charge is -2.15. The predicted octanol–water partition coefficient (Wildman–Crippen LogP) is 3.21. The van der Waals surface area contributed by atoms with Crippen LogP contribution in [0, 0.1) is 0 Å². The van der Waals surface area contributed by atoms with Gasteiger partial charge in [-0.25, -0.2) is 0 Å². The van der Waals surface area contributed by atoms with Gasteiger partial charge in [-0.2, -0.15) is 0 Å². The molecule has 2 heteroatoms. The molecule has 0 aliphatic heterocycles. The highest BCUT2D eigenvalue weighted by atomic mass is 28.3. The van der Waals surface area contributed by atoms with Crippen molar-refractivity contribution in [1.29, 1.82) is 0 Å². The summed E-state index contributed by atoms with van der Waals surface area (Å²) in [6.45, 7) is 11.3. The Morgan fingerprint density at radius 3 is 2.46 bits per heavy atom. The van der Waals surface area contributed by atoms with Crippen LogP contribution in [0.2, 0.25) is 25.7 Å². The largest absolute Gasteiger partial charge is 0.396 e. The molecule has 0 fully saturated rings. The summed E-state index contributed by atoms with van der Waals surface area (Å²) < 4.78 is 0. The van der Waals surface area contributed by atoms with Crippen LogP contribution in [0.15, 0.2) is 24.3 Å². The molecule has 0 amide bonds. The molecule has 1 N–H and O–H groups in total. The Morgan fingerprint density at radius 2 is 2.00 bits per heavy atom. The molecule has 0 heterocycles. The zero-order chi connectivity index (χ0) is 10.3. The monoisotopic (exact) mass is 198 g/mol. The van der Waals surface area contributed by atoms with Gasteiger partial charge < -0.3 is 5.11 Å². The summed E-state index contributed by atoms with van der Waals surface area (Å²) in [5.41, 5.74) is 1.23. The Balaban J connectivity index is 3.68. The van der Waals surface area contributed by atoms with Gasteiger partial charge >= 0.3 is 0 Å². The van der Waals surface area contributed by atoms with Gasteiger partial charge in [0.15, 0.2) is 0 Å². The van der Waals surface area contributed by atoms with Crippen molar-refractivity contribution in [3.05, 3.63) is 24.3 Å². The molecule has 0 aromatic rings. The van der Waals surface area contributed by atoms with Gasteiger partial charge in [0.25, 0.3) is 0 Å². The number of allylic oxidation sites excluding steroid dienone is 3. The molecule has 0 saturated carbocycles. The van der Waals surface area contributed by atoms with E-state index in [0.717, 1.165) is 12.8 Å². The summed E-state index contributed by atoms with van der Waals surface area (Å²) in [5.74, 6) is 0. The summed E-state index contributed by atoms with van der Waals surface area (Å²) in [4.78, 5) is 0. The van der Waals surface area contributed by atoms with Crippen LogP contribution in [-0.4, -0.2) is 19.8 Å². The standard InChI is InChI=1S/C11H22OSi/c1-11(10-13(2,3)4)8-6-5-7-9-12/h6,8,12H,1,5,7,9-10H2,2-4H3. The Labute approximate surface area is 83.2 Å². The van der Waals surface area contributed by atoms with Crippen LogP contribution in [0.3, 0.4) is 0 Å². The highest BCUT2D eigenvalue weighted by Crippen LogP contribution is 2.15. The van der Waals surface area contributed by atoms with Crippen molar-refractivity contribution in [2.24, 2.45) is 0 Å². The van der Waals surface area contributed by atoms with E-state index in [2.05, 4.69) is 38.4 Å². The molecule has 76 valence electrons. The molecule has 0 bridgehead atoms. The van der Waals surface area contributed by atoms with E-state index in [1.54, 1.807) is 0 Å². The van der Waals surface area contributed by atoms with Crippen molar-refractivity contribution >= 4 is 8.07 Å². The average molecular weight is 198 g/mol. The van der Waals surface area contributed by atoms with Crippen molar-refractivity contribution < 1.29 is 5.11 Å². The van der Waals surface area contributed by atoms with Crippen molar-refractivity contribution in [3.8, 4) is 0 Å². The van der Waals surface area contributed by atoms with Crippen LogP contribution in [-0.2, 0) is 0 Å². The molecule has 0 aromatic heterocycles. The van der Waals surface area contributed by atoms with Crippen LogP contribution < -0.4 is 0 Å². The molecular formula is C11H22OSi. The van der Waals surface area contributed by atoms with Gasteiger partial charge in [0.05, 0.1) is 0 Å². The molecule has 0 aliphatic carbocycles. The fourth-order valence-corrected chi connectivity index (χ4v) is 2.68. The highest BCUT2D eigenvalue weighted by Gasteiger charge is 2.12. The molecule has 0 aliphatic rings. The quantitative estimate of drug-likeness (QED) is 0.395. The van der Waals surface area contributed by atoms with E-state index in [1.807, 2.05) is 0 Å². The number of hydrogen-bond donors (Lipinski definition) is 1. The average Bonchev–Trinajstić information content (AvgIpc) is 1.94. The summed E-state index contributed by atoms with van der Waals surface area (Å²) in [6.07, 6.45) is 6.03. The molecule has 0 rings (SSSR count). The second-order valence-electron chi connectivity index (χ2n) is 4.66. The van der Waals surface area contributed by atoms with Gasteiger partial charge in [-0.15, -0.1) is 0 Å². The number of unbranched alkanes of at least 4 members (excludes halogenated alkanes) is 1. The minimum Gasteiger partial charge on any atom is -0.396 e. The van der Waals surface area contributed by atoms with Gasteiger partial charge in [-0.1, -0.05) is 43.9 Å². The van der Waals surface area contributed by atoms with Crippen LogP contribution in [0.5, 0.6) is 0 Å². The van der Waals surface area contributed by atoms with E-state index in [4.69, 9.17) is 5.11 Å². The first-order chi connectivity index (χ1) is 5.95. The lowest BCUT2D eigenvalue weighted by Crippen LogP contribution is -2.19. The maximum Gasteiger partial charge on any atom is 0.0486 e. The lowest BCUT2D eigenvalue weighted by atomic mass is 10.2. The summed E-state index contributed by atoms with van der Waals surface area (Å²) in [7, 11) is -0.989. The Kier molecular flexibility index (Phi) is 6.00. The first kappa shape index (κ1) is 12.7. The third-order valence-corrected chi connectivity index (χ3v) is 3.15. The van der Waals surface area contributed by atoms with Gasteiger partial charge in [-0.3, -0.25) is 0 Å². The summed E-state index contributed by atoms with van der Waals surface area (Å²) in [6, 6.07) is 1.17. The van der Waals surface area contributed by atoms with E-state index >= 15 is 0 Å². The van der Waals surface area contributed by atoms with E-state index in [1.165, 1.54) is 11.6 Å². The molecule has 0 unspecified atom stereocenters. The topological polar surface area (TPSA) is 20.2 Å². The molecule has 13 heavy (non-hydrogen) atoms. The van der Waals surface area contributed by atoms with Crippen molar-refractivity contribution in [3.63, 3.8) is 0 Å². The fraction of sp³-hybridized carbons (Fsp3) is 0.636. The summed E-state index contributed by atoms with van der Waals surface area (Å²) in [5, 5.41) is 8.57. The van der Waals surface area contributed by atoms with E-state index < -0.39 is 8.07 Å². The Morgan fingerprint density at radius 1 is 1.38 bits per heavy atom. The predicted molar refractivity (Wildman–Crippen MR) is 62.8 cm³/mol. The second-order valence-corrected chi connectivity index (χ2v) is 10.1. The highest BCUT2D eigenvalue weighted by molar-refractivity contribution is 6.76. The fourth-order valence-electron chi connectivity index (χ4n) is 1.20. The molecule has 0 atom stereocenters. The van der Waals surface area contributed by atoms with Gasteiger partial charge in [0, 0.05) is 14.7 Å². The van der Waals surface area contributed by atoms with Gasteiger partial charge in [-0.05, 0) is 18.9 Å². The molecule has 0 saturated heterocycles. The number of rotatable bonds is 6. The number of aliphatic hydroxyl groups excluding tert-OH is 1. The summed E-state index contributed by atoms with van der Waals surface area (Å²) >= 11 is 0. The van der Waals surface area contributed by atoms with E-state index in [9.17, 15) is 0 Å². The molecule has 0 radical (unpaired) electrons. The zero-order valence-corrected chi connectivity index (χ0v) is 10.1. The SMILES string of the molecule is C=C(C=CCCCO)C[Si](C)(C)C. The molecule has 1 nitrogen and oxygen atoms in total. The zero-order valence-electron chi connectivity index (χ0n) is 9.14. The molecule has 0 aromatic carbocycles. The van der Waals surface area contributed by atoms with Crippen molar-refractivity contribution in [1.82, 2.24) is 0 Å². The van der Waals surface area contributed by atoms with E-state index in [0.29, 0.717) is 0 Å². The Hall–Kier alpha value is -0.343. The number of aliphatic hydroxyl groups is 1. The molecular weight excluding hydrogens is 176 g/mol. The lowest BCUT2D eigenvalue weighted by molar-refractivity contribution is 0.289. The normalized spacial score (nSPS) is 12.3. The van der Waals surface area contributed by atoms with Gasteiger partial charge in [0.1, 0.15) is 0 Å². The maximum atomic E-state index is 8.57. The third kappa shape index (κ3) is 9.57. The first-order valence-corrected chi connectivity index (χ1v) is 8.61. The first-order valence-electron chi connectivity index (χ1n) is 4.91. The minimum atomic E-state index is -0.989. The molecule has 0 spiro atoms. The van der Waals surface area contributed by atoms with Gasteiger partial charge in [0.2, 0.25) is 0 Å². The third-order valence-electron chi connectivity index (χ3n) is 1.64. The van der Waals surface area contributed by atoms with Crippen LogP contribution >= 0.6 is 0 Å². The smallest absolute Gasteiger partial charge is 0.0486 e. The maximum absolute atomic E-state index is 8.57. The van der Waals surface area contributed by atoms with Crippen LogP contribution in [0.4, 0.5) is 0 Å². The van der Waals surface area contributed by atoms with Crippen LogP contribution in [0.25, 0.3) is 0 Å². The minimum absolute atomic E-state index is 0.283. The Bertz CT molecular complexity index is 177. The second kappa shape index (κ2) is 6.16. The van der Waals surface area contributed by atoms with E-state index in [-0.39, 0.29) is 6.61 Å². The number of hydrogen-bond acceptors (Lipinski definition) is 1.